The molecular formula is C20H18Cl2N2O2. The Morgan fingerprint density at radius 1 is 1.27 bits per heavy atom. The zero-order chi connectivity index (χ0) is 19.1. The average Bonchev–Trinajstić information content (AvgIpc) is 2.59. The quantitative estimate of drug-likeness (QED) is 0.558. The largest absolute Gasteiger partial charge is 0.488 e. The molecular weight excluding hydrogens is 371 g/mol. The number of hydrogen-bond acceptors (Lipinski definition) is 3. The first-order chi connectivity index (χ1) is 12.4. The lowest BCUT2D eigenvalue weighted by molar-refractivity contribution is -0.117. The van der Waals surface area contributed by atoms with Gasteiger partial charge in [0, 0.05) is 27.2 Å². The number of benzene rings is 2. The van der Waals surface area contributed by atoms with Crippen LogP contribution in [0.25, 0.3) is 6.08 Å². The van der Waals surface area contributed by atoms with Crippen LogP contribution >= 0.6 is 23.2 Å². The van der Waals surface area contributed by atoms with Crippen molar-refractivity contribution in [1.82, 2.24) is 5.32 Å². The van der Waals surface area contributed by atoms with Crippen molar-refractivity contribution in [3.8, 4) is 11.8 Å². The van der Waals surface area contributed by atoms with Gasteiger partial charge in [0.25, 0.3) is 5.91 Å². The second-order valence-corrected chi connectivity index (χ2v) is 6.70. The molecule has 134 valence electrons. The van der Waals surface area contributed by atoms with Gasteiger partial charge in [0.05, 0.1) is 0 Å². The summed E-state index contributed by atoms with van der Waals surface area (Å²) in [6.45, 7) is 3.90. The van der Waals surface area contributed by atoms with E-state index in [1.807, 2.05) is 32.0 Å². The summed E-state index contributed by atoms with van der Waals surface area (Å²) in [4.78, 5) is 12.1. The lowest BCUT2D eigenvalue weighted by Crippen LogP contribution is -2.30. The fraction of sp³-hybridized carbons (Fsp3) is 0.200. The van der Waals surface area contributed by atoms with Crippen LogP contribution in [0.4, 0.5) is 0 Å². The molecule has 0 saturated heterocycles. The van der Waals surface area contributed by atoms with Crippen LogP contribution in [0.15, 0.2) is 48.0 Å². The molecule has 6 heteroatoms. The Kier molecular flexibility index (Phi) is 7.08. The molecule has 0 aliphatic rings. The summed E-state index contributed by atoms with van der Waals surface area (Å²) in [6, 6.07) is 14.2. The Balaban J connectivity index is 2.23. The normalized spacial score (nSPS) is 11.2. The number of carbonyl (C=O) groups excluding carboxylic acids is 1. The number of rotatable bonds is 6. The van der Waals surface area contributed by atoms with Gasteiger partial charge >= 0.3 is 0 Å². The Morgan fingerprint density at radius 2 is 2.00 bits per heavy atom. The average molecular weight is 389 g/mol. The molecule has 2 aromatic carbocycles. The van der Waals surface area contributed by atoms with Gasteiger partial charge in [-0.25, -0.2) is 0 Å². The topological polar surface area (TPSA) is 62.1 Å². The summed E-state index contributed by atoms with van der Waals surface area (Å²) in [5.41, 5.74) is 1.43. The summed E-state index contributed by atoms with van der Waals surface area (Å²) in [7, 11) is 0. The number of halogens is 2. The smallest absolute Gasteiger partial charge is 0.262 e. The second kappa shape index (κ2) is 9.28. The lowest BCUT2D eigenvalue weighted by atomic mass is 10.1. The van der Waals surface area contributed by atoms with Gasteiger partial charge in [0.15, 0.2) is 0 Å². The van der Waals surface area contributed by atoms with Crippen molar-refractivity contribution in [2.24, 2.45) is 0 Å². The SMILES string of the molecule is CC(C)NC(=O)/C(C#N)=C\c1ccccc1OCc1ccc(Cl)cc1Cl. The molecule has 0 spiro atoms. The van der Waals surface area contributed by atoms with E-state index in [1.165, 1.54) is 6.08 Å². The van der Waals surface area contributed by atoms with Crippen LogP contribution in [-0.4, -0.2) is 11.9 Å². The number of nitrogens with zero attached hydrogens (tertiary/aromatic N) is 1. The van der Waals surface area contributed by atoms with E-state index in [2.05, 4.69) is 5.32 Å². The van der Waals surface area contributed by atoms with E-state index in [0.717, 1.165) is 5.56 Å². The van der Waals surface area contributed by atoms with Gasteiger partial charge in [0.1, 0.15) is 24.0 Å². The van der Waals surface area contributed by atoms with Gasteiger partial charge in [-0.15, -0.1) is 0 Å². The minimum atomic E-state index is -0.418. The molecule has 1 N–H and O–H groups in total. The highest BCUT2D eigenvalue weighted by Gasteiger charge is 2.12. The molecule has 26 heavy (non-hydrogen) atoms. The Hall–Kier alpha value is -2.48. The molecule has 2 aromatic rings. The number of carbonyl (C=O) groups is 1. The van der Waals surface area contributed by atoms with E-state index < -0.39 is 5.91 Å². The van der Waals surface area contributed by atoms with Crippen LogP contribution in [0.5, 0.6) is 5.75 Å². The molecule has 0 fully saturated rings. The van der Waals surface area contributed by atoms with Crippen molar-refractivity contribution in [3.63, 3.8) is 0 Å². The van der Waals surface area contributed by atoms with Crippen molar-refractivity contribution in [3.05, 3.63) is 69.2 Å². The van der Waals surface area contributed by atoms with Crippen molar-refractivity contribution in [2.45, 2.75) is 26.5 Å². The minimum Gasteiger partial charge on any atom is -0.488 e. The number of hydrogen-bond donors (Lipinski definition) is 1. The molecule has 0 aromatic heterocycles. The van der Waals surface area contributed by atoms with Gasteiger partial charge in [-0.3, -0.25) is 4.79 Å². The first-order valence-corrected chi connectivity index (χ1v) is 8.74. The molecule has 0 aliphatic carbocycles. The third-order valence-electron chi connectivity index (χ3n) is 3.40. The number of para-hydroxylation sites is 1. The fourth-order valence-electron chi connectivity index (χ4n) is 2.17. The maximum Gasteiger partial charge on any atom is 0.262 e. The summed E-state index contributed by atoms with van der Waals surface area (Å²) in [5, 5.41) is 13.1. The van der Waals surface area contributed by atoms with Crippen LogP contribution in [-0.2, 0) is 11.4 Å². The predicted octanol–water partition coefficient (Wildman–Crippen LogP) is 5.00. The van der Waals surface area contributed by atoms with Gasteiger partial charge < -0.3 is 10.1 Å². The van der Waals surface area contributed by atoms with E-state index in [0.29, 0.717) is 21.4 Å². The number of amides is 1. The molecule has 0 unspecified atom stereocenters. The number of ether oxygens (including phenoxy) is 1. The molecule has 0 saturated carbocycles. The van der Waals surface area contributed by atoms with E-state index in [9.17, 15) is 10.1 Å². The fourth-order valence-corrected chi connectivity index (χ4v) is 2.63. The maximum atomic E-state index is 12.1. The van der Waals surface area contributed by atoms with E-state index in [1.54, 1.807) is 30.3 Å². The molecule has 0 radical (unpaired) electrons. The van der Waals surface area contributed by atoms with Crippen molar-refractivity contribution in [1.29, 1.82) is 5.26 Å². The highest BCUT2D eigenvalue weighted by molar-refractivity contribution is 6.35. The maximum absolute atomic E-state index is 12.1. The second-order valence-electron chi connectivity index (χ2n) is 5.86. The van der Waals surface area contributed by atoms with E-state index in [4.69, 9.17) is 27.9 Å². The molecule has 4 nitrogen and oxygen atoms in total. The molecule has 1 amide bonds. The van der Waals surface area contributed by atoms with Crippen LogP contribution in [0.3, 0.4) is 0 Å². The standard InChI is InChI=1S/C20H18Cl2N2O2/c1-13(2)24-20(25)16(11-23)9-14-5-3-4-6-19(14)26-12-15-7-8-17(21)10-18(15)22/h3-10,13H,12H2,1-2H3,(H,24,25)/b16-9-. The third kappa shape index (κ3) is 5.52. The number of nitrogens with one attached hydrogen (secondary N) is 1. The van der Waals surface area contributed by atoms with Crippen molar-refractivity contribution >= 4 is 35.2 Å². The highest BCUT2D eigenvalue weighted by atomic mass is 35.5. The van der Waals surface area contributed by atoms with Gasteiger partial charge in [-0.1, -0.05) is 47.5 Å². The van der Waals surface area contributed by atoms with Crippen LogP contribution in [0.1, 0.15) is 25.0 Å². The van der Waals surface area contributed by atoms with Gasteiger partial charge in [-0.05, 0) is 38.1 Å². The van der Waals surface area contributed by atoms with Gasteiger partial charge in [-0.2, -0.15) is 5.26 Å². The summed E-state index contributed by atoms with van der Waals surface area (Å²) in [5.74, 6) is 0.127. The molecule has 2 rings (SSSR count). The van der Waals surface area contributed by atoms with Crippen LogP contribution in [0.2, 0.25) is 10.0 Å². The first-order valence-electron chi connectivity index (χ1n) is 7.99. The zero-order valence-corrected chi connectivity index (χ0v) is 15.9. The summed E-state index contributed by atoms with van der Waals surface area (Å²) < 4.78 is 5.84. The van der Waals surface area contributed by atoms with Crippen molar-refractivity contribution < 1.29 is 9.53 Å². The Morgan fingerprint density at radius 3 is 2.65 bits per heavy atom. The predicted molar refractivity (Wildman–Crippen MR) is 104 cm³/mol. The first kappa shape index (κ1) is 19.8. The molecule has 0 heterocycles. The monoisotopic (exact) mass is 388 g/mol. The summed E-state index contributed by atoms with van der Waals surface area (Å²) >= 11 is 12.1. The minimum absolute atomic E-state index is 0.0132. The summed E-state index contributed by atoms with van der Waals surface area (Å²) in [6.07, 6.45) is 1.51. The third-order valence-corrected chi connectivity index (χ3v) is 3.99. The Labute approximate surface area is 163 Å². The van der Waals surface area contributed by atoms with Crippen molar-refractivity contribution in [2.75, 3.05) is 0 Å². The van der Waals surface area contributed by atoms with Gasteiger partial charge in [0.2, 0.25) is 0 Å². The lowest BCUT2D eigenvalue weighted by Gasteiger charge is -2.11. The number of nitriles is 1. The molecule has 0 aliphatic heterocycles. The van der Waals surface area contributed by atoms with E-state index in [-0.39, 0.29) is 18.2 Å². The Bertz CT molecular complexity index is 870. The molecule has 0 bridgehead atoms. The van der Waals surface area contributed by atoms with Crippen LogP contribution in [0, 0.1) is 11.3 Å². The highest BCUT2D eigenvalue weighted by Crippen LogP contribution is 2.25. The zero-order valence-electron chi connectivity index (χ0n) is 14.4. The molecule has 0 atom stereocenters. The van der Waals surface area contributed by atoms with E-state index >= 15 is 0 Å². The van der Waals surface area contributed by atoms with Crippen LogP contribution < -0.4 is 10.1 Å².